The van der Waals surface area contributed by atoms with Gasteiger partial charge in [-0.25, -0.2) is 9.18 Å². The standard InChI is InChI=1S/C16H24ClFN4O/c1-12(11-22-7-5-21(2)6-8-22)10-19-16(23)20-15-4-3-13(17)9-14(15)18/h3-4,9,12H,5-8,10-11H2,1-2H3,(H2,19,20,23). The molecule has 5 nitrogen and oxygen atoms in total. The maximum atomic E-state index is 13.6. The Balaban J connectivity index is 1.71. The van der Waals surface area contributed by atoms with Gasteiger partial charge in [-0.05, 0) is 31.2 Å². The second-order valence-corrected chi connectivity index (χ2v) is 6.60. The van der Waals surface area contributed by atoms with Crippen molar-refractivity contribution in [3.8, 4) is 0 Å². The van der Waals surface area contributed by atoms with E-state index in [4.69, 9.17) is 11.6 Å². The summed E-state index contributed by atoms with van der Waals surface area (Å²) < 4.78 is 13.6. The van der Waals surface area contributed by atoms with Crippen LogP contribution in [0.5, 0.6) is 0 Å². The topological polar surface area (TPSA) is 47.6 Å². The molecule has 0 bridgehead atoms. The van der Waals surface area contributed by atoms with Gasteiger partial charge in [-0.15, -0.1) is 0 Å². The first-order valence-electron chi connectivity index (χ1n) is 7.85. The molecule has 128 valence electrons. The van der Waals surface area contributed by atoms with E-state index in [-0.39, 0.29) is 5.69 Å². The van der Waals surface area contributed by atoms with Crippen molar-refractivity contribution in [2.75, 3.05) is 51.6 Å². The summed E-state index contributed by atoms with van der Waals surface area (Å²) in [4.78, 5) is 16.6. The van der Waals surface area contributed by atoms with Crippen LogP contribution in [0.3, 0.4) is 0 Å². The lowest BCUT2D eigenvalue weighted by Crippen LogP contribution is -2.47. The Kier molecular flexibility index (Phi) is 6.62. The first-order valence-corrected chi connectivity index (χ1v) is 8.22. The van der Waals surface area contributed by atoms with Crippen molar-refractivity contribution in [3.05, 3.63) is 29.0 Å². The maximum absolute atomic E-state index is 13.6. The highest BCUT2D eigenvalue weighted by atomic mass is 35.5. The van der Waals surface area contributed by atoms with Gasteiger partial charge in [0.1, 0.15) is 5.82 Å². The Morgan fingerprint density at radius 3 is 2.70 bits per heavy atom. The predicted molar refractivity (Wildman–Crippen MR) is 91.5 cm³/mol. The van der Waals surface area contributed by atoms with Crippen molar-refractivity contribution < 1.29 is 9.18 Å². The van der Waals surface area contributed by atoms with Crippen molar-refractivity contribution >= 4 is 23.3 Å². The summed E-state index contributed by atoms with van der Waals surface area (Å²) in [5, 5.41) is 5.58. The fraction of sp³-hybridized carbons (Fsp3) is 0.562. The first kappa shape index (κ1) is 18.0. The lowest BCUT2D eigenvalue weighted by molar-refractivity contribution is 0.138. The second-order valence-electron chi connectivity index (χ2n) is 6.17. The third kappa shape index (κ3) is 5.97. The molecule has 1 heterocycles. The van der Waals surface area contributed by atoms with Gasteiger partial charge in [-0.2, -0.15) is 0 Å². The Labute approximate surface area is 141 Å². The highest BCUT2D eigenvalue weighted by molar-refractivity contribution is 6.30. The fourth-order valence-corrected chi connectivity index (χ4v) is 2.72. The average molecular weight is 343 g/mol. The van der Waals surface area contributed by atoms with Gasteiger partial charge in [-0.3, -0.25) is 0 Å². The number of likely N-dealkylation sites (N-methyl/N-ethyl adjacent to an activating group) is 1. The number of hydrogen-bond acceptors (Lipinski definition) is 3. The zero-order valence-electron chi connectivity index (χ0n) is 13.6. The summed E-state index contributed by atoms with van der Waals surface area (Å²) in [6, 6.07) is 3.75. The van der Waals surface area contributed by atoms with Gasteiger partial charge in [0.15, 0.2) is 0 Å². The van der Waals surface area contributed by atoms with Crippen LogP contribution in [-0.2, 0) is 0 Å². The number of nitrogens with one attached hydrogen (secondary N) is 2. The molecule has 1 fully saturated rings. The van der Waals surface area contributed by atoms with Gasteiger partial charge in [0, 0.05) is 44.3 Å². The van der Waals surface area contributed by atoms with Gasteiger partial charge in [0.05, 0.1) is 5.69 Å². The van der Waals surface area contributed by atoms with E-state index in [9.17, 15) is 9.18 Å². The van der Waals surface area contributed by atoms with Crippen molar-refractivity contribution in [2.45, 2.75) is 6.92 Å². The molecule has 0 saturated carbocycles. The van der Waals surface area contributed by atoms with Crippen LogP contribution in [0.15, 0.2) is 18.2 Å². The fourth-order valence-electron chi connectivity index (χ4n) is 2.56. The summed E-state index contributed by atoms with van der Waals surface area (Å²) in [7, 11) is 2.13. The number of carbonyl (C=O) groups is 1. The number of rotatable bonds is 5. The van der Waals surface area contributed by atoms with E-state index in [1.54, 1.807) is 0 Å². The lowest BCUT2D eigenvalue weighted by atomic mass is 10.1. The molecule has 0 radical (unpaired) electrons. The number of halogens is 2. The number of hydrogen-bond donors (Lipinski definition) is 2. The molecular weight excluding hydrogens is 319 g/mol. The molecule has 0 spiro atoms. The SMILES string of the molecule is CC(CNC(=O)Nc1ccc(Cl)cc1F)CN1CCN(C)CC1. The van der Waals surface area contributed by atoms with Crippen LogP contribution < -0.4 is 10.6 Å². The number of amides is 2. The molecule has 1 saturated heterocycles. The van der Waals surface area contributed by atoms with Gasteiger partial charge >= 0.3 is 6.03 Å². The molecule has 2 amide bonds. The molecule has 1 aromatic rings. The predicted octanol–water partition coefficient (Wildman–Crippen LogP) is 2.48. The van der Waals surface area contributed by atoms with Crippen molar-refractivity contribution in [3.63, 3.8) is 0 Å². The minimum Gasteiger partial charge on any atom is -0.338 e. The first-order chi connectivity index (χ1) is 10.9. The number of carbonyl (C=O) groups excluding carboxylic acids is 1. The molecule has 2 N–H and O–H groups in total. The van der Waals surface area contributed by atoms with Crippen LogP contribution in [0.25, 0.3) is 0 Å². The minimum atomic E-state index is -0.543. The maximum Gasteiger partial charge on any atom is 0.319 e. The van der Waals surface area contributed by atoms with E-state index in [2.05, 4.69) is 34.4 Å². The molecule has 1 aliphatic rings. The number of nitrogens with zero attached hydrogens (tertiary/aromatic N) is 2. The summed E-state index contributed by atoms with van der Waals surface area (Å²) in [6.07, 6.45) is 0. The van der Waals surface area contributed by atoms with Crippen LogP contribution in [-0.4, -0.2) is 62.1 Å². The highest BCUT2D eigenvalue weighted by Crippen LogP contribution is 2.18. The number of piperazine rings is 1. The third-order valence-corrected chi connectivity index (χ3v) is 4.19. The van der Waals surface area contributed by atoms with Crippen LogP contribution in [0.4, 0.5) is 14.9 Å². The third-order valence-electron chi connectivity index (χ3n) is 3.96. The molecule has 0 aliphatic carbocycles. The quantitative estimate of drug-likeness (QED) is 0.864. The summed E-state index contributed by atoms with van der Waals surface area (Å²) >= 11 is 5.68. The van der Waals surface area contributed by atoms with Crippen molar-refractivity contribution in [1.82, 2.24) is 15.1 Å². The molecule has 23 heavy (non-hydrogen) atoms. The van der Waals surface area contributed by atoms with Crippen molar-refractivity contribution in [1.29, 1.82) is 0 Å². The molecular formula is C16H24ClFN4O. The van der Waals surface area contributed by atoms with Gasteiger partial charge in [0.2, 0.25) is 0 Å². The monoisotopic (exact) mass is 342 g/mol. The number of urea groups is 1. The van der Waals surface area contributed by atoms with E-state index in [1.807, 2.05) is 0 Å². The molecule has 1 aliphatic heterocycles. The average Bonchev–Trinajstić information content (AvgIpc) is 2.50. The smallest absolute Gasteiger partial charge is 0.319 e. The molecule has 1 unspecified atom stereocenters. The Hall–Kier alpha value is -1.37. The zero-order valence-corrected chi connectivity index (χ0v) is 14.4. The molecule has 1 aromatic carbocycles. The Morgan fingerprint density at radius 1 is 1.35 bits per heavy atom. The van der Waals surface area contributed by atoms with Crippen molar-refractivity contribution in [2.24, 2.45) is 5.92 Å². The largest absolute Gasteiger partial charge is 0.338 e. The van der Waals surface area contributed by atoms with E-state index in [1.165, 1.54) is 18.2 Å². The number of benzene rings is 1. The Bertz CT molecular complexity index is 535. The van der Waals surface area contributed by atoms with Crippen LogP contribution in [0.2, 0.25) is 5.02 Å². The number of anilines is 1. The van der Waals surface area contributed by atoms with Crippen LogP contribution >= 0.6 is 11.6 Å². The lowest BCUT2D eigenvalue weighted by Gasteiger charge is -2.33. The van der Waals surface area contributed by atoms with Gasteiger partial charge < -0.3 is 20.4 Å². The zero-order chi connectivity index (χ0) is 16.8. The van der Waals surface area contributed by atoms with E-state index in [0.29, 0.717) is 17.5 Å². The summed E-state index contributed by atoms with van der Waals surface area (Å²) in [5.74, 6) is -0.211. The molecule has 7 heteroatoms. The normalized spacial score (nSPS) is 17.7. The molecule has 0 aromatic heterocycles. The minimum absolute atomic E-state index is 0.124. The van der Waals surface area contributed by atoms with E-state index in [0.717, 1.165) is 32.7 Å². The second kappa shape index (κ2) is 8.47. The van der Waals surface area contributed by atoms with Gasteiger partial charge in [-0.1, -0.05) is 18.5 Å². The highest BCUT2D eigenvalue weighted by Gasteiger charge is 2.16. The van der Waals surface area contributed by atoms with Gasteiger partial charge in [0.25, 0.3) is 0 Å². The summed E-state index contributed by atoms with van der Waals surface area (Å²) in [5.41, 5.74) is 0.124. The molecule has 1 atom stereocenters. The van der Waals surface area contributed by atoms with Crippen LogP contribution in [0, 0.1) is 11.7 Å². The summed E-state index contributed by atoms with van der Waals surface area (Å²) in [6.45, 7) is 7.87. The molecule has 2 rings (SSSR count). The Morgan fingerprint density at radius 2 is 2.04 bits per heavy atom. The van der Waals surface area contributed by atoms with Crippen LogP contribution in [0.1, 0.15) is 6.92 Å². The van der Waals surface area contributed by atoms with E-state index < -0.39 is 11.8 Å². The van der Waals surface area contributed by atoms with E-state index >= 15 is 0 Å².